The van der Waals surface area contributed by atoms with Crippen LogP contribution in [0.2, 0.25) is 0 Å². The van der Waals surface area contributed by atoms with Gasteiger partial charge in [0, 0.05) is 38.2 Å². The van der Waals surface area contributed by atoms with E-state index in [0.717, 1.165) is 6.42 Å². The number of allylic oxidation sites excluding steroid dienone is 2. The monoisotopic (exact) mass is 492 g/mol. The zero-order chi connectivity index (χ0) is 25.1. The number of piperazine rings is 1. The van der Waals surface area contributed by atoms with E-state index in [-0.39, 0.29) is 35.5 Å². The second-order valence-electron chi connectivity index (χ2n) is 10.6. The minimum absolute atomic E-state index is 0.125. The molecule has 0 bridgehead atoms. The van der Waals surface area contributed by atoms with Gasteiger partial charge in [0.2, 0.25) is 17.7 Å². The van der Waals surface area contributed by atoms with Crippen LogP contribution in [0, 0.1) is 17.8 Å². The van der Waals surface area contributed by atoms with Crippen molar-refractivity contribution in [1.29, 1.82) is 0 Å². The molecule has 2 aliphatic heterocycles. The second kappa shape index (κ2) is 10.8. The molecule has 8 nitrogen and oxygen atoms in total. The Bertz CT molecular complexity index is 1040. The largest absolute Gasteiger partial charge is 0.339 e. The van der Waals surface area contributed by atoms with Gasteiger partial charge in [-0.05, 0) is 43.4 Å². The van der Waals surface area contributed by atoms with E-state index in [2.05, 4.69) is 5.43 Å². The average molecular weight is 493 g/mol. The number of nitrogens with zero attached hydrogens (tertiary/aromatic N) is 3. The summed E-state index contributed by atoms with van der Waals surface area (Å²) in [6.45, 7) is 2.08. The lowest BCUT2D eigenvalue weighted by Crippen LogP contribution is -2.59. The lowest BCUT2D eigenvalue weighted by Gasteiger charge is -2.38. The van der Waals surface area contributed by atoms with Gasteiger partial charge < -0.3 is 9.80 Å². The molecule has 2 unspecified atom stereocenters. The number of amides is 4. The van der Waals surface area contributed by atoms with Gasteiger partial charge in [0.25, 0.3) is 5.91 Å². The number of rotatable bonds is 5. The standard InChI is InChI=1S/C28H36N4O4/c33-25(14-13-20-7-2-1-3-8-20)30-15-17-31(18-16-30)27(35)21-9-6-10-22(19-21)32-28(36)24-12-5-4-11-23(24)26(34)29-32/h4-6,9-10,19-20,23-24H,1-3,7-8,11-18H2,(H,29,34). The Morgan fingerprint density at radius 3 is 2.33 bits per heavy atom. The first-order valence-corrected chi connectivity index (χ1v) is 13.5. The summed E-state index contributed by atoms with van der Waals surface area (Å²) in [5, 5.41) is 1.29. The number of hydrogen-bond donors (Lipinski definition) is 1. The van der Waals surface area contributed by atoms with Crippen molar-refractivity contribution in [3.05, 3.63) is 42.0 Å². The second-order valence-corrected chi connectivity index (χ2v) is 10.6. The highest BCUT2D eigenvalue weighted by atomic mass is 16.2. The molecule has 2 aliphatic carbocycles. The predicted molar refractivity (Wildman–Crippen MR) is 136 cm³/mol. The first kappa shape index (κ1) is 24.5. The Kier molecular flexibility index (Phi) is 7.39. The smallest absolute Gasteiger partial charge is 0.254 e. The van der Waals surface area contributed by atoms with E-state index in [9.17, 15) is 19.2 Å². The van der Waals surface area contributed by atoms with Crippen molar-refractivity contribution in [1.82, 2.24) is 15.2 Å². The number of hydrogen-bond acceptors (Lipinski definition) is 4. The molecule has 36 heavy (non-hydrogen) atoms. The minimum atomic E-state index is -0.369. The molecule has 192 valence electrons. The van der Waals surface area contributed by atoms with Crippen LogP contribution >= 0.6 is 0 Å². The van der Waals surface area contributed by atoms with E-state index in [0.29, 0.717) is 62.6 Å². The van der Waals surface area contributed by atoms with Crippen LogP contribution < -0.4 is 10.4 Å². The van der Waals surface area contributed by atoms with E-state index >= 15 is 0 Å². The first-order valence-electron chi connectivity index (χ1n) is 13.5. The van der Waals surface area contributed by atoms with Crippen LogP contribution in [0.15, 0.2) is 36.4 Å². The number of benzene rings is 1. The van der Waals surface area contributed by atoms with Gasteiger partial charge in [0.15, 0.2) is 0 Å². The van der Waals surface area contributed by atoms with Gasteiger partial charge in [0.05, 0.1) is 17.5 Å². The van der Waals surface area contributed by atoms with Crippen LogP contribution in [0.3, 0.4) is 0 Å². The number of hydrazine groups is 1. The third kappa shape index (κ3) is 5.18. The van der Waals surface area contributed by atoms with Crippen LogP contribution in [0.1, 0.15) is 68.1 Å². The molecule has 0 radical (unpaired) electrons. The summed E-state index contributed by atoms with van der Waals surface area (Å²) in [6.07, 6.45) is 13.0. The van der Waals surface area contributed by atoms with Crippen molar-refractivity contribution in [2.24, 2.45) is 17.8 Å². The quantitative estimate of drug-likeness (QED) is 0.639. The van der Waals surface area contributed by atoms with Crippen LogP contribution in [0.5, 0.6) is 0 Å². The maximum atomic E-state index is 13.2. The van der Waals surface area contributed by atoms with Crippen molar-refractivity contribution in [2.45, 2.75) is 57.8 Å². The Morgan fingerprint density at radius 1 is 0.889 bits per heavy atom. The van der Waals surface area contributed by atoms with Crippen molar-refractivity contribution < 1.29 is 19.2 Å². The Labute approximate surface area is 212 Å². The van der Waals surface area contributed by atoms with E-state index in [1.54, 1.807) is 29.2 Å². The number of fused-ring (bicyclic) bond motifs is 1. The zero-order valence-corrected chi connectivity index (χ0v) is 20.9. The summed E-state index contributed by atoms with van der Waals surface area (Å²) in [4.78, 5) is 55.3. The van der Waals surface area contributed by atoms with Crippen molar-refractivity contribution in [2.75, 3.05) is 31.2 Å². The van der Waals surface area contributed by atoms with Gasteiger partial charge in [-0.2, -0.15) is 0 Å². The van der Waals surface area contributed by atoms with Gasteiger partial charge in [-0.25, -0.2) is 5.01 Å². The number of anilines is 1. The van der Waals surface area contributed by atoms with Crippen molar-refractivity contribution in [3.8, 4) is 0 Å². The SMILES string of the molecule is O=C1NN(c2cccc(C(=O)N3CCN(C(=O)CCC4CCCCC4)CC3)c2)C(=O)C2CC=CCC12. The molecule has 1 aromatic rings. The number of nitrogens with one attached hydrogen (secondary N) is 1. The molecule has 2 atom stereocenters. The molecule has 4 amide bonds. The summed E-state index contributed by atoms with van der Waals surface area (Å²) in [6, 6.07) is 6.87. The molecule has 3 fully saturated rings. The molecule has 0 aromatic heterocycles. The molecule has 8 heteroatoms. The number of carbonyl (C=O) groups excluding carboxylic acids is 4. The third-order valence-electron chi connectivity index (χ3n) is 8.29. The van der Waals surface area contributed by atoms with E-state index < -0.39 is 0 Å². The highest BCUT2D eigenvalue weighted by molar-refractivity contribution is 6.05. The highest BCUT2D eigenvalue weighted by Crippen LogP contribution is 2.32. The molecule has 5 rings (SSSR count). The van der Waals surface area contributed by atoms with Crippen LogP contribution in [0.4, 0.5) is 5.69 Å². The summed E-state index contributed by atoms with van der Waals surface area (Å²) in [5.74, 6) is -0.240. The van der Waals surface area contributed by atoms with Crippen molar-refractivity contribution in [3.63, 3.8) is 0 Å². The minimum Gasteiger partial charge on any atom is -0.339 e. The molecule has 0 spiro atoms. The molecular formula is C28H36N4O4. The predicted octanol–water partition coefficient (Wildman–Crippen LogP) is 3.29. The zero-order valence-electron chi connectivity index (χ0n) is 20.9. The molecule has 1 N–H and O–H groups in total. The summed E-state index contributed by atoms with van der Waals surface area (Å²) in [5.41, 5.74) is 3.68. The maximum absolute atomic E-state index is 13.2. The van der Waals surface area contributed by atoms with Crippen LogP contribution in [-0.2, 0) is 14.4 Å². The third-order valence-corrected chi connectivity index (χ3v) is 8.29. The Hall–Kier alpha value is -3.16. The Balaban J connectivity index is 1.17. The summed E-state index contributed by atoms with van der Waals surface area (Å²) < 4.78 is 0. The van der Waals surface area contributed by atoms with E-state index in [1.807, 2.05) is 17.1 Å². The normalized spacial score (nSPS) is 24.9. The molecule has 1 saturated carbocycles. The topological polar surface area (TPSA) is 90.0 Å². The molecule has 4 aliphatic rings. The van der Waals surface area contributed by atoms with E-state index in [4.69, 9.17) is 0 Å². The lowest BCUT2D eigenvalue weighted by molar-refractivity contribution is -0.140. The van der Waals surface area contributed by atoms with Gasteiger partial charge in [-0.1, -0.05) is 50.3 Å². The maximum Gasteiger partial charge on any atom is 0.254 e. The summed E-state index contributed by atoms with van der Waals surface area (Å²) >= 11 is 0. The van der Waals surface area contributed by atoms with Gasteiger partial charge >= 0.3 is 0 Å². The molecule has 2 saturated heterocycles. The fraction of sp³-hybridized carbons (Fsp3) is 0.571. The van der Waals surface area contributed by atoms with Crippen LogP contribution in [-0.4, -0.2) is 59.6 Å². The molecule has 2 heterocycles. The Morgan fingerprint density at radius 2 is 1.58 bits per heavy atom. The van der Waals surface area contributed by atoms with Gasteiger partial charge in [-0.3, -0.25) is 24.6 Å². The van der Waals surface area contributed by atoms with E-state index in [1.165, 1.54) is 37.1 Å². The highest BCUT2D eigenvalue weighted by Gasteiger charge is 2.42. The number of carbonyl (C=O) groups is 4. The van der Waals surface area contributed by atoms with Gasteiger partial charge in [0.1, 0.15) is 0 Å². The average Bonchev–Trinajstić information content (AvgIpc) is 2.94. The molecular weight excluding hydrogens is 456 g/mol. The first-order chi connectivity index (χ1) is 17.5. The van der Waals surface area contributed by atoms with Crippen LogP contribution in [0.25, 0.3) is 0 Å². The summed E-state index contributed by atoms with van der Waals surface area (Å²) in [7, 11) is 0. The van der Waals surface area contributed by atoms with Gasteiger partial charge in [-0.15, -0.1) is 0 Å². The van der Waals surface area contributed by atoms with Crippen molar-refractivity contribution >= 4 is 29.3 Å². The molecule has 1 aromatic carbocycles. The fourth-order valence-corrected chi connectivity index (χ4v) is 6.06. The fourth-order valence-electron chi connectivity index (χ4n) is 6.06. The lowest BCUT2D eigenvalue weighted by atomic mass is 9.80.